The summed E-state index contributed by atoms with van der Waals surface area (Å²) in [5.41, 5.74) is 4.00. The van der Waals surface area contributed by atoms with Gasteiger partial charge in [0.15, 0.2) is 0 Å². The molecule has 0 aliphatic rings. The molecule has 1 aromatic carbocycles. The minimum atomic E-state index is -4.83. The van der Waals surface area contributed by atoms with Crippen LogP contribution in [0.4, 0.5) is 23.2 Å². The second-order valence-electron chi connectivity index (χ2n) is 4.42. The fourth-order valence-corrected chi connectivity index (χ4v) is 1.63. The van der Waals surface area contributed by atoms with E-state index in [4.69, 9.17) is 10.5 Å². The van der Waals surface area contributed by atoms with Gasteiger partial charge in [0.25, 0.3) is 0 Å². The van der Waals surface area contributed by atoms with E-state index in [0.29, 0.717) is 31.6 Å². The zero-order valence-electron chi connectivity index (χ0n) is 11.3. The fourth-order valence-electron chi connectivity index (χ4n) is 1.63. The molecule has 0 aliphatic carbocycles. The molecule has 4 nitrogen and oxygen atoms in total. The average Bonchev–Trinajstić information content (AvgIpc) is 2.39. The van der Waals surface area contributed by atoms with Crippen molar-refractivity contribution in [3.8, 4) is 0 Å². The van der Waals surface area contributed by atoms with Gasteiger partial charge in [-0.25, -0.2) is 4.39 Å². The summed E-state index contributed by atoms with van der Waals surface area (Å²) in [6.07, 6.45) is -3.96. The van der Waals surface area contributed by atoms with E-state index >= 15 is 0 Å². The summed E-state index contributed by atoms with van der Waals surface area (Å²) in [4.78, 5) is 11.7. The number of methoxy groups -OCH3 is 1. The molecule has 0 heterocycles. The highest BCUT2D eigenvalue weighted by Crippen LogP contribution is 2.32. The summed E-state index contributed by atoms with van der Waals surface area (Å²) in [6, 6.07) is 1.36. The number of nitrogens with one attached hydrogen (secondary N) is 1. The van der Waals surface area contributed by atoms with Crippen LogP contribution in [-0.2, 0) is 15.7 Å². The Bertz CT molecular complexity index is 492. The normalized spacial score (nSPS) is 13.0. The van der Waals surface area contributed by atoms with Gasteiger partial charge in [0.1, 0.15) is 5.82 Å². The van der Waals surface area contributed by atoms with Crippen LogP contribution >= 0.6 is 0 Å². The van der Waals surface area contributed by atoms with E-state index in [-0.39, 0.29) is 5.69 Å². The van der Waals surface area contributed by atoms with Crippen LogP contribution in [-0.4, -0.2) is 25.7 Å². The molecule has 0 saturated carbocycles. The molecule has 1 unspecified atom stereocenters. The Kier molecular flexibility index (Phi) is 6.10. The summed E-state index contributed by atoms with van der Waals surface area (Å²) >= 11 is 0. The van der Waals surface area contributed by atoms with Gasteiger partial charge in [0.05, 0.1) is 11.6 Å². The molecule has 118 valence electrons. The summed E-state index contributed by atoms with van der Waals surface area (Å²) in [7, 11) is 1.50. The fraction of sp³-hybridized carbons (Fsp3) is 0.462. The monoisotopic (exact) mass is 308 g/mol. The molecule has 3 N–H and O–H groups in total. The van der Waals surface area contributed by atoms with Crippen LogP contribution in [0.25, 0.3) is 0 Å². The second-order valence-corrected chi connectivity index (χ2v) is 4.42. The van der Waals surface area contributed by atoms with Crippen LogP contribution in [0.15, 0.2) is 18.2 Å². The lowest BCUT2D eigenvalue weighted by Gasteiger charge is -2.14. The first-order valence-corrected chi connectivity index (χ1v) is 6.18. The second kappa shape index (κ2) is 7.37. The molecule has 21 heavy (non-hydrogen) atoms. The SMILES string of the molecule is COCCCC(N)C(=O)Nc1ccc(F)c(C(F)(F)F)c1. The van der Waals surface area contributed by atoms with Gasteiger partial charge < -0.3 is 15.8 Å². The Balaban J connectivity index is 2.73. The third-order valence-electron chi connectivity index (χ3n) is 2.74. The van der Waals surface area contributed by atoms with Crippen molar-refractivity contribution in [1.29, 1.82) is 0 Å². The quantitative estimate of drug-likeness (QED) is 0.627. The van der Waals surface area contributed by atoms with Crippen molar-refractivity contribution in [3.63, 3.8) is 0 Å². The molecule has 0 fully saturated rings. The van der Waals surface area contributed by atoms with Crippen molar-refractivity contribution in [2.75, 3.05) is 19.0 Å². The van der Waals surface area contributed by atoms with Crippen molar-refractivity contribution < 1.29 is 27.1 Å². The largest absolute Gasteiger partial charge is 0.419 e. The number of nitrogens with two attached hydrogens (primary N) is 1. The standard InChI is InChI=1S/C13H16F4N2O2/c1-21-6-2-3-11(18)12(20)19-8-4-5-10(14)9(7-8)13(15,16)17/h4-5,7,11H,2-3,6,18H2,1H3,(H,19,20). The van der Waals surface area contributed by atoms with Crippen LogP contribution in [0.2, 0.25) is 0 Å². The first kappa shape index (κ1) is 17.4. The van der Waals surface area contributed by atoms with Crippen molar-refractivity contribution in [3.05, 3.63) is 29.6 Å². The zero-order valence-corrected chi connectivity index (χ0v) is 11.3. The molecule has 0 aliphatic heterocycles. The van der Waals surface area contributed by atoms with Crippen LogP contribution < -0.4 is 11.1 Å². The lowest BCUT2D eigenvalue weighted by Crippen LogP contribution is -2.35. The third-order valence-corrected chi connectivity index (χ3v) is 2.74. The summed E-state index contributed by atoms with van der Waals surface area (Å²) < 4.78 is 55.5. The molecule has 0 spiro atoms. The Morgan fingerprint density at radius 3 is 2.67 bits per heavy atom. The van der Waals surface area contributed by atoms with Gasteiger partial charge in [0.2, 0.25) is 5.91 Å². The molecule has 0 saturated heterocycles. The van der Waals surface area contributed by atoms with E-state index in [0.717, 1.165) is 6.07 Å². The van der Waals surface area contributed by atoms with Gasteiger partial charge in [-0.15, -0.1) is 0 Å². The summed E-state index contributed by atoms with van der Waals surface area (Å²) in [6.45, 7) is 0.426. The predicted molar refractivity (Wildman–Crippen MR) is 69.1 cm³/mol. The van der Waals surface area contributed by atoms with Gasteiger partial charge in [-0.2, -0.15) is 13.2 Å². The van der Waals surface area contributed by atoms with E-state index in [1.807, 2.05) is 0 Å². The maximum absolute atomic E-state index is 13.1. The van der Waals surface area contributed by atoms with E-state index in [1.165, 1.54) is 7.11 Å². The minimum Gasteiger partial charge on any atom is -0.385 e. The molecule has 1 atom stereocenters. The van der Waals surface area contributed by atoms with Gasteiger partial charge in [0, 0.05) is 19.4 Å². The van der Waals surface area contributed by atoms with Crippen LogP contribution in [0.3, 0.4) is 0 Å². The maximum atomic E-state index is 13.1. The number of ether oxygens (including phenoxy) is 1. The Morgan fingerprint density at radius 1 is 1.43 bits per heavy atom. The number of benzene rings is 1. The zero-order chi connectivity index (χ0) is 16.0. The molecule has 8 heteroatoms. The van der Waals surface area contributed by atoms with Gasteiger partial charge in [-0.05, 0) is 31.0 Å². The van der Waals surface area contributed by atoms with E-state index in [9.17, 15) is 22.4 Å². The van der Waals surface area contributed by atoms with Gasteiger partial charge in [-0.3, -0.25) is 4.79 Å². The van der Waals surface area contributed by atoms with E-state index in [1.54, 1.807) is 0 Å². The van der Waals surface area contributed by atoms with Crippen LogP contribution in [0, 0.1) is 5.82 Å². The Hall–Kier alpha value is -1.67. The number of halogens is 4. The molecular formula is C13H16F4N2O2. The highest BCUT2D eigenvalue weighted by atomic mass is 19.4. The van der Waals surface area contributed by atoms with Crippen LogP contribution in [0.5, 0.6) is 0 Å². The summed E-state index contributed by atoms with van der Waals surface area (Å²) in [5.74, 6) is -2.03. The minimum absolute atomic E-state index is 0.157. The molecule has 0 radical (unpaired) electrons. The van der Waals surface area contributed by atoms with E-state index < -0.39 is 29.5 Å². The van der Waals surface area contributed by atoms with Crippen molar-refractivity contribution in [2.24, 2.45) is 5.73 Å². The molecular weight excluding hydrogens is 292 g/mol. The lowest BCUT2D eigenvalue weighted by atomic mass is 10.1. The number of anilines is 1. The Morgan fingerprint density at radius 2 is 2.10 bits per heavy atom. The molecule has 1 aromatic rings. The van der Waals surface area contributed by atoms with Crippen molar-refractivity contribution in [1.82, 2.24) is 0 Å². The number of alkyl halides is 3. The van der Waals surface area contributed by atoms with E-state index in [2.05, 4.69) is 5.32 Å². The Labute approximate surface area is 119 Å². The van der Waals surface area contributed by atoms with Gasteiger partial charge >= 0.3 is 6.18 Å². The third kappa shape index (κ3) is 5.31. The number of amides is 1. The average molecular weight is 308 g/mol. The topological polar surface area (TPSA) is 64.3 Å². The number of rotatable bonds is 6. The molecule has 1 amide bonds. The number of carbonyl (C=O) groups excluding carboxylic acids is 1. The lowest BCUT2D eigenvalue weighted by molar-refractivity contribution is -0.140. The molecule has 0 aromatic heterocycles. The van der Waals surface area contributed by atoms with Crippen molar-refractivity contribution >= 4 is 11.6 Å². The smallest absolute Gasteiger partial charge is 0.385 e. The van der Waals surface area contributed by atoms with Gasteiger partial charge in [-0.1, -0.05) is 0 Å². The molecule has 0 bridgehead atoms. The number of hydrogen-bond donors (Lipinski definition) is 2. The first-order chi connectivity index (χ1) is 9.75. The number of hydrogen-bond acceptors (Lipinski definition) is 3. The maximum Gasteiger partial charge on any atom is 0.419 e. The molecule has 1 rings (SSSR count). The first-order valence-electron chi connectivity index (χ1n) is 6.18. The number of carbonyl (C=O) groups is 1. The highest BCUT2D eigenvalue weighted by molar-refractivity contribution is 5.94. The predicted octanol–water partition coefficient (Wildman–Crippen LogP) is 2.54. The van der Waals surface area contributed by atoms with Crippen molar-refractivity contribution in [2.45, 2.75) is 25.1 Å². The highest BCUT2D eigenvalue weighted by Gasteiger charge is 2.34. The van der Waals surface area contributed by atoms with Crippen LogP contribution in [0.1, 0.15) is 18.4 Å². The summed E-state index contributed by atoms with van der Waals surface area (Å²) in [5, 5.41) is 2.24.